The van der Waals surface area contributed by atoms with Crippen molar-refractivity contribution < 1.29 is 4.43 Å². The summed E-state index contributed by atoms with van der Waals surface area (Å²) in [6, 6.07) is 7.79. The molecule has 5 heteroatoms. The van der Waals surface area contributed by atoms with E-state index in [1.807, 2.05) is 38.1 Å². The van der Waals surface area contributed by atoms with Crippen LogP contribution in [0.1, 0.15) is 18.3 Å². The lowest BCUT2D eigenvalue weighted by atomic mass is 10.3. The number of aromatic nitrogens is 2. The fourth-order valence-corrected chi connectivity index (χ4v) is 2.28. The minimum Gasteiger partial charge on any atom is -0.541 e. The first-order valence-electron chi connectivity index (χ1n) is 6.47. The number of benzene rings is 1. The summed E-state index contributed by atoms with van der Waals surface area (Å²) in [6.07, 6.45) is 3.59. The van der Waals surface area contributed by atoms with E-state index >= 15 is 0 Å². The van der Waals surface area contributed by atoms with Gasteiger partial charge in [-0.25, -0.2) is 15.0 Å². The first-order chi connectivity index (χ1) is 9.56. The van der Waals surface area contributed by atoms with Gasteiger partial charge >= 0.3 is 0 Å². The van der Waals surface area contributed by atoms with Crippen LogP contribution in [0.4, 0.5) is 5.69 Å². The molecule has 0 amide bonds. The molecule has 1 heterocycles. The van der Waals surface area contributed by atoms with Crippen LogP contribution >= 0.6 is 0 Å². The van der Waals surface area contributed by atoms with Crippen molar-refractivity contribution in [2.75, 3.05) is 0 Å². The molecule has 103 valence electrons. The molecule has 2 aromatic rings. The summed E-state index contributed by atoms with van der Waals surface area (Å²) in [5.74, 6) is 1.46. The second-order valence-electron chi connectivity index (χ2n) is 4.76. The molecule has 0 aliphatic rings. The normalized spacial score (nSPS) is 11.8. The Morgan fingerprint density at radius 1 is 1.15 bits per heavy atom. The van der Waals surface area contributed by atoms with Crippen molar-refractivity contribution in [3.63, 3.8) is 0 Å². The second kappa shape index (κ2) is 6.43. The fourth-order valence-electron chi connectivity index (χ4n) is 1.67. The monoisotopic (exact) mass is 284 g/mol. The highest BCUT2D eigenvalue weighted by Gasteiger charge is 2.07. The Morgan fingerprint density at radius 2 is 1.80 bits per heavy atom. The van der Waals surface area contributed by atoms with E-state index in [4.69, 9.17) is 4.43 Å². The summed E-state index contributed by atoms with van der Waals surface area (Å²) in [7, 11) is -0.814. The second-order valence-corrected chi connectivity index (χ2v) is 6.78. The molecule has 0 bridgehead atoms. The van der Waals surface area contributed by atoms with Gasteiger partial charge in [-0.15, -0.1) is 0 Å². The first-order valence-corrected chi connectivity index (χ1v) is 8.88. The molecule has 0 aliphatic heterocycles. The van der Waals surface area contributed by atoms with E-state index in [9.17, 15) is 0 Å². The number of hydrogen-bond acceptors (Lipinski definition) is 4. The van der Waals surface area contributed by atoms with Crippen molar-refractivity contribution in [2.45, 2.75) is 26.9 Å². The topological polar surface area (TPSA) is 47.4 Å². The summed E-state index contributed by atoms with van der Waals surface area (Å²) in [5.41, 5.74) is 2.64. The molecular formula is C15H18N3OSi. The zero-order chi connectivity index (χ0) is 14.5. The van der Waals surface area contributed by atoms with Crippen LogP contribution in [0.25, 0.3) is 0 Å². The number of rotatable bonds is 4. The third-order valence-corrected chi connectivity index (χ3v) is 3.20. The number of hydrogen-bond donors (Lipinski definition) is 0. The van der Waals surface area contributed by atoms with Gasteiger partial charge in [0.2, 0.25) is 0 Å². The third-order valence-electron chi connectivity index (χ3n) is 2.57. The van der Waals surface area contributed by atoms with Gasteiger partial charge in [-0.05, 0) is 44.6 Å². The van der Waals surface area contributed by atoms with Crippen LogP contribution in [-0.2, 0) is 0 Å². The van der Waals surface area contributed by atoms with Crippen molar-refractivity contribution in [3.8, 4) is 5.75 Å². The van der Waals surface area contributed by atoms with Gasteiger partial charge in [0.15, 0.2) is 5.82 Å². The molecule has 0 N–H and O–H groups in total. The standard InChI is InChI=1S/C15H18N3OSi/c1-11-9-16-15(17-10-11)12(2)18-13-7-5-6-8-14(13)19-20(3)4/h5-10H,1-4H3. The molecule has 0 spiro atoms. The van der Waals surface area contributed by atoms with Crippen molar-refractivity contribution in [3.05, 3.63) is 48.0 Å². The molecule has 1 radical (unpaired) electrons. The Labute approximate surface area is 121 Å². The van der Waals surface area contributed by atoms with Gasteiger partial charge in [-0.2, -0.15) is 0 Å². The van der Waals surface area contributed by atoms with Gasteiger partial charge in [-0.3, -0.25) is 0 Å². The zero-order valence-corrected chi connectivity index (χ0v) is 13.2. The van der Waals surface area contributed by atoms with Crippen molar-refractivity contribution >= 4 is 20.4 Å². The van der Waals surface area contributed by atoms with Crippen molar-refractivity contribution in [1.29, 1.82) is 0 Å². The van der Waals surface area contributed by atoms with Gasteiger partial charge < -0.3 is 4.43 Å². The fraction of sp³-hybridized carbons (Fsp3) is 0.267. The lowest BCUT2D eigenvalue weighted by Gasteiger charge is -2.11. The van der Waals surface area contributed by atoms with Crippen LogP contribution in [-0.4, -0.2) is 24.7 Å². The predicted molar refractivity (Wildman–Crippen MR) is 83.2 cm³/mol. The summed E-state index contributed by atoms with van der Waals surface area (Å²) < 4.78 is 5.86. The molecule has 0 unspecified atom stereocenters. The van der Waals surface area contributed by atoms with Crippen LogP contribution in [0.5, 0.6) is 5.75 Å². The van der Waals surface area contributed by atoms with Gasteiger partial charge in [0.1, 0.15) is 11.4 Å². The highest BCUT2D eigenvalue weighted by molar-refractivity contribution is 6.49. The minimum absolute atomic E-state index is 0.643. The minimum atomic E-state index is -0.814. The quantitative estimate of drug-likeness (QED) is 0.637. The van der Waals surface area contributed by atoms with Crippen LogP contribution in [0.3, 0.4) is 0 Å². The predicted octanol–water partition coefficient (Wildman–Crippen LogP) is 3.56. The molecule has 0 saturated heterocycles. The lowest BCUT2D eigenvalue weighted by Crippen LogP contribution is -2.11. The largest absolute Gasteiger partial charge is 0.541 e. The molecule has 0 aliphatic carbocycles. The maximum atomic E-state index is 5.86. The van der Waals surface area contributed by atoms with E-state index in [1.165, 1.54) is 0 Å². The molecule has 1 aromatic carbocycles. The van der Waals surface area contributed by atoms with Gasteiger partial charge in [-0.1, -0.05) is 12.1 Å². The third kappa shape index (κ3) is 3.74. The van der Waals surface area contributed by atoms with Gasteiger partial charge in [0.05, 0.1) is 5.71 Å². The number of para-hydroxylation sites is 2. The summed E-state index contributed by atoms with van der Waals surface area (Å²) in [4.78, 5) is 13.2. The Morgan fingerprint density at radius 3 is 2.45 bits per heavy atom. The molecule has 1 aromatic heterocycles. The average molecular weight is 284 g/mol. The average Bonchev–Trinajstić information content (AvgIpc) is 2.41. The molecule has 0 fully saturated rings. The summed E-state index contributed by atoms with van der Waals surface area (Å²) in [5, 5.41) is 0. The Balaban J connectivity index is 2.32. The zero-order valence-electron chi connectivity index (χ0n) is 12.2. The highest BCUT2D eigenvalue weighted by Crippen LogP contribution is 2.27. The maximum absolute atomic E-state index is 5.86. The smallest absolute Gasteiger partial charge is 0.274 e. The van der Waals surface area contributed by atoms with E-state index in [0.29, 0.717) is 5.82 Å². The number of aliphatic imine (C=N–C) groups is 1. The SMILES string of the molecule is CC(=Nc1ccccc1O[Si](C)C)c1ncc(C)cn1. The van der Waals surface area contributed by atoms with Crippen LogP contribution < -0.4 is 4.43 Å². The van der Waals surface area contributed by atoms with E-state index in [1.54, 1.807) is 12.4 Å². The Kier molecular flexibility index (Phi) is 4.63. The van der Waals surface area contributed by atoms with E-state index in [2.05, 4.69) is 28.1 Å². The van der Waals surface area contributed by atoms with Crippen LogP contribution in [0.2, 0.25) is 13.1 Å². The van der Waals surface area contributed by atoms with E-state index in [0.717, 1.165) is 22.7 Å². The van der Waals surface area contributed by atoms with Crippen molar-refractivity contribution in [1.82, 2.24) is 9.97 Å². The van der Waals surface area contributed by atoms with Gasteiger partial charge in [0.25, 0.3) is 9.04 Å². The van der Waals surface area contributed by atoms with E-state index in [-0.39, 0.29) is 0 Å². The van der Waals surface area contributed by atoms with E-state index < -0.39 is 9.04 Å². The number of aryl methyl sites for hydroxylation is 1. The summed E-state index contributed by atoms with van der Waals surface area (Å²) >= 11 is 0. The highest BCUT2D eigenvalue weighted by atomic mass is 28.3. The molecule has 0 atom stereocenters. The van der Waals surface area contributed by atoms with Crippen LogP contribution in [0, 0.1) is 6.92 Å². The molecular weight excluding hydrogens is 266 g/mol. The van der Waals surface area contributed by atoms with Crippen molar-refractivity contribution in [2.24, 2.45) is 4.99 Å². The Hall–Kier alpha value is -2.01. The van der Waals surface area contributed by atoms with Crippen LogP contribution in [0.15, 0.2) is 41.7 Å². The Bertz CT molecular complexity index is 609. The molecule has 0 saturated carbocycles. The summed E-state index contributed by atoms with van der Waals surface area (Å²) in [6.45, 7) is 8.07. The lowest BCUT2D eigenvalue weighted by molar-refractivity contribution is 0.582. The maximum Gasteiger partial charge on any atom is 0.274 e. The first kappa shape index (κ1) is 14.4. The number of nitrogens with zero attached hydrogens (tertiary/aromatic N) is 3. The molecule has 2 rings (SSSR count). The van der Waals surface area contributed by atoms with Gasteiger partial charge in [0, 0.05) is 12.4 Å². The molecule has 4 nitrogen and oxygen atoms in total. The molecule has 20 heavy (non-hydrogen) atoms.